The average Bonchev–Trinajstić information content (AvgIpc) is 2.68. The maximum Gasteiger partial charge on any atom is 4.00 e. The zero-order valence-corrected chi connectivity index (χ0v) is 24.2. The molecule has 0 aliphatic carbocycles. The van der Waals surface area contributed by atoms with Crippen LogP contribution in [0.2, 0.25) is 0 Å². The van der Waals surface area contributed by atoms with Gasteiger partial charge in [0.2, 0.25) is 0 Å². The van der Waals surface area contributed by atoms with Gasteiger partial charge in [-0.1, -0.05) is 0 Å². The third-order valence-corrected chi connectivity index (χ3v) is 5.84. The summed E-state index contributed by atoms with van der Waals surface area (Å²) >= 11 is 2.78. The number of rotatable bonds is 4. The van der Waals surface area contributed by atoms with Gasteiger partial charge >= 0.3 is 169 Å². The van der Waals surface area contributed by atoms with E-state index in [1.165, 1.54) is 58.0 Å². The molecule has 176 valence electrons. The van der Waals surface area contributed by atoms with Crippen molar-refractivity contribution in [3.8, 4) is 0 Å². The van der Waals surface area contributed by atoms with Gasteiger partial charge in [-0.25, -0.2) is 0 Å². The normalized spacial score (nSPS) is 9.58. The molecule has 2 unspecified atom stereocenters. The molecule has 0 radical (unpaired) electrons. The second kappa shape index (κ2) is 17.8. The first-order valence-electron chi connectivity index (χ1n) is 7.49. The fraction of sp³-hybridized carbons (Fsp3) is 0. The summed E-state index contributed by atoms with van der Waals surface area (Å²) < 4.78 is 64.3. The third-order valence-electron chi connectivity index (χ3n) is 2.53. The van der Waals surface area contributed by atoms with E-state index in [1.54, 1.807) is 24.3 Å². The van der Waals surface area contributed by atoms with Crippen LogP contribution in [0.5, 0.6) is 0 Å². The van der Waals surface area contributed by atoms with Gasteiger partial charge in [-0.15, -0.1) is 0 Å². The molecule has 2 aromatic carbocycles. The molecule has 0 aliphatic rings. The molecule has 0 aliphatic heterocycles. The molecule has 0 N–H and O–H groups in total. The summed E-state index contributed by atoms with van der Waals surface area (Å²) in [5.74, 6) is -3.35. The SMILES string of the molecule is O=CC(=O)[O-].O=CC(=O)[O-].O=S(=O)([O-])c1ccc([AsH2])cc1.O=S(=O)([O-])c1ccc([AsH2])cc1.[Ti+4]. The molecule has 2 aromatic rings. The third kappa shape index (κ3) is 20.7. The van der Waals surface area contributed by atoms with Crippen molar-refractivity contribution >= 4 is 87.2 Å². The fourth-order valence-corrected chi connectivity index (χ4v) is 3.02. The van der Waals surface area contributed by atoms with Crippen LogP contribution >= 0.6 is 0 Å². The predicted octanol–water partition coefficient (Wildman–Crippen LogP) is -6.43. The molecule has 0 saturated carbocycles. The van der Waals surface area contributed by atoms with Gasteiger partial charge in [0.05, 0.1) is 0 Å². The van der Waals surface area contributed by atoms with Crippen LogP contribution in [-0.2, 0) is 61.1 Å². The number of carboxylic acids is 2. The van der Waals surface area contributed by atoms with Crippen molar-refractivity contribution < 1.29 is 77.1 Å². The Morgan fingerprint density at radius 1 is 0.636 bits per heavy atom. The van der Waals surface area contributed by atoms with Gasteiger partial charge < -0.3 is 19.8 Å². The largest absolute Gasteiger partial charge is 4.00 e. The zero-order valence-electron chi connectivity index (χ0n) is 16.1. The second-order valence-electron chi connectivity index (χ2n) is 4.92. The summed E-state index contributed by atoms with van der Waals surface area (Å²) in [7, 11) is -8.53. The van der Waals surface area contributed by atoms with E-state index in [-0.39, 0.29) is 44.1 Å². The smallest absolute Gasteiger partial charge is 4.00 e. The van der Waals surface area contributed by atoms with Crippen LogP contribution in [-0.4, -0.2) is 84.2 Å². The fourth-order valence-electron chi connectivity index (χ4n) is 1.27. The minimum Gasteiger partial charge on any atom is 4.00 e. The number of carbonyl (C=O) groups is 4. The molecule has 0 heterocycles. The summed E-state index contributed by atoms with van der Waals surface area (Å²) in [6.45, 7) is 0. The van der Waals surface area contributed by atoms with Crippen LogP contribution in [0.15, 0.2) is 58.3 Å². The summed E-state index contributed by atoms with van der Waals surface area (Å²) in [5, 5.41) is 17.8. The molecule has 12 nitrogen and oxygen atoms in total. The molecule has 2 atom stereocenters. The molecule has 0 saturated heterocycles. The van der Waals surface area contributed by atoms with Crippen molar-refractivity contribution in [1.82, 2.24) is 0 Å². The summed E-state index contributed by atoms with van der Waals surface area (Å²) in [4.78, 5) is 35.1. The Balaban J connectivity index is -0.000000386. The number of aliphatic carboxylic acids is 2. The van der Waals surface area contributed by atoms with Crippen molar-refractivity contribution in [1.29, 1.82) is 0 Å². The second-order valence-corrected chi connectivity index (χ2v) is 10.5. The summed E-state index contributed by atoms with van der Waals surface area (Å²) in [6, 6.07) is 11.7. The Bertz CT molecular complexity index is 1030. The molecule has 2 rings (SSSR count). The van der Waals surface area contributed by atoms with Gasteiger partial charge in [0, 0.05) is 0 Å². The first kappa shape index (κ1) is 36.0. The molecule has 0 bridgehead atoms. The van der Waals surface area contributed by atoms with E-state index in [4.69, 9.17) is 29.4 Å². The van der Waals surface area contributed by atoms with Crippen LogP contribution in [0.4, 0.5) is 0 Å². The van der Waals surface area contributed by atoms with E-state index >= 15 is 0 Å². The Morgan fingerprint density at radius 2 is 0.818 bits per heavy atom. The van der Waals surface area contributed by atoms with Gasteiger partial charge in [-0.3, -0.25) is 9.59 Å². The first-order valence-corrected chi connectivity index (χ1v) is 12.7. The topological polar surface area (TPSA) is 229 Å². The molecule has 17 heteroatoms. The van der Waals surface area contributed by atoms with Gasteiger partial charge in [-0.05, 0) is 0 Å². The predicted molar refractivity (Wildman–Crippen MR) is 107 cm³/mol. The van der Waals surface area contributed by atoms with Gasteiger partial charge in [-0.2, -0.15) is 0 Å². The standard InChI is InChI=1S/2C6H7AsO3S.2C2H2O3.Ti/c2*7-5-1-3-6(4-2-5)11(8,9)10;2*3-1-2(4)5;/h2*1-4H,7H2,(H,8,9,10);2*1H,(H,4,5);/q;;;;+4/p-4. The molecule has 33 heavy (non-hydrogen) atoms. The van der Waals surface area contributed by atoms with E-state index in [2.05, 4.69) is 0 Å². The average molecular weight is 660 g/mol. The molecular formula is C16H14As2O12S2Ti. The molecule has 0 spiro atoms. The monoisotopic (exact) mass is 660 g/mol. The van der Waals surface area contributed by atoms with E-state index in [9.17, 15) is 25.9 Å². The molecule has 0 fully saturated rings. The van der Waals surface area contributed by atoms with E-state index < -0.39 is 32.2 Å². The maximum atomic E-state index is 10.4. The van der Waals surface area contributed by atoms with Crippen molar-refractivity contribution in [3.05, 3.63) is 48.5 Å². The zero-order chi connectivity index (χ0) is 25.5. The molecule has 0 amide bonds. The number of aldehydes is 2. The van der Waals surface area contributed by atoms with Crippen molar-refractivity contribution in [2.75, 3.05) is 0 Å². The van der Waals surface area contributed by atoms with Crippen LogP contribution in [0, 0.1) is 0 Å². The van der Waals surface area contributed by atoms with Crippen LogP contribution in [0.1, 0.15) is 0 Å². The molecule has 0 aromatic heterocycles. The van der Waals surface area contributed by atoms with E-state index in [0.29, 0.717) is 0 Å². The Labute approximate surface area is 221 Å². The number of carbonyl (C=O) groups excluding carboxylic acids is 4. The van der Waals surface area contributed by atoms with Crippen LogP contribution < -0.4 is 18.9 Å². The summed E-state index contributed by atoms with van der Waals surface area (Å²) in [5.41, 5.74) is 0. The minimum absolute atomic E-state index is 0. The first-order chi connectivity index (χ1) is 14.5. The van der Waals surface area contributed by atoms with Crippen molar-refractivity contribution in [2.45, 2.75) is 9.79 Å². The van der Waals surface area contributed by atoms with Gasteiger partial charge in [0.25, 0.3) is 0 Å². The minimum atomic E-state index is -4.26. The van der Waals surface area contributed by atoms with Crippen molar-refractivity contribution in [2.24, 2.45) is 0 Å². The Kier molecular flexibility index (Phi) is 19.4. The Hall–Kier alpha value is -1.63. The van der Waals surface area contributed by atoms with Gasteiger partial charge in [0.1, 0.15) is 11.9 Å². The maximum absolute atomic E-state index is 10.4. The Morgan fingerprint density at radius 3 is 0.939 bits per heavy atom. The molecular weight excluding hydrogens is 646 g/mol. The van der Waals surface area contributed by atoms with E-state index in [1.807, 2.05) is 0 Å². The quantitative estimate of drug-likeness (QED) is 0.129. The number of hydrogen-bond donors (Lipinski definition) is 0. The van der Waals surface area contributed by atoms with Crippen molar-refractivity contribution in [3.63, 3.8) is 0 Å². The van der Waals surface area contributed by atoms with Crippen LogP contribution in [0.3, 0.4) is 0 Å². The number of benzene rings is 2. The number of carboxylic acid groups (broad SMARTS) is 2. The van der Waals surface area contributed by atoms with Gasteiger partial charge in [0.15, 0.2) is 12.6 Å². The number of hydrogen-bond acceptors (Lipinski definition) is 12. The van der Waals surface area contributed by atoms with Crippen LogP contribution in [0.25, 0.3) is 0 Å². The summed E-state index contributed by atoms with van der Waals surface area (Å²) in [6.07, 6.45) is -0.556. The van der Waals surface area contributed by atoms with E-state index in [0.717, 1.165) is 8.70 Å².